The zero-order valence-electron chi connectivity index (χ0n) is 8.81. The van der Waals surface area contributed by atoms with E-state index in [4.69, 9.17) is 0 Å². The zero-order valence-corrected chi connectivity index (χ0v) is 8.81. The molecule has 86 valence electrons. The number of fused-ring (bicyclic) bond motifs is 3. The molecule has 0 amide bonds. The molecule has 1 fully saturated rings. The first-order valence-corrected chi connectivity index (χ1v) is 5.43. The fraction of sp³-hybridized carbons (Fsp3) is 0.500. The summed E-state index contributed by atoms with van der Waals surface area (Å²) in [6.07, 6.45) is -4.23. The van der Waals surface area contributed by atoms with E-state index in [0.717, 1.165) is 17.7 Å². The predicted octanol–water partition coefficient (Wildman–Crippen LogP) is 2.88. The molecule has 1 saturated heterocycles. The van der Waals surface area contributed by atoms with Crippen LogP contribution in [0.1, 0.15) is 35.4 Å². The summed E-state index contributed by atoms with van der Waals surface area (Å²) in [5, 5.41) is 3.28. The Balaban J connectivity index is 2.07. The molecule has 1 N–H and O–H groups in total. The Labute approximate surface area is 91.7 Å². The van der Waals surface area contributed by atoms with Crippen molar-refractivity contribution in [3.8, 4) is 0 Å². The number of hydrogen-bond donors (Lipinski definition) is 1. The maximum Gasteiger partial charge on any atom is 0.416 e. The fourth-order valence-electron chi connectivity index (χ4n) is 2.88. The summed E-state index contributed by atoms with van der Waals surface area (Å²) in [6, 6.07) is 4.51. The van der Waals surface area contributed by atoms with Crippen LogP contribution in [-0.4, -0.2) is 12.6 Å². The Morgan fingerprint density at radius 3 is 2.56 bits per heavy atom. The highest BCUT2D eigenvalue weighted by atomic mass is 19.4. The van der Waals surface area contributed by atoms with Crippen LogP contribution in [0.25, 0.3) is 0 Å². The van der Waals surface area contributed by atoms with Crippen molar-refractivity contribution in [1.29, 1.82) is 0 Å². The Hall–Kier alpha value is -1.03. The smallest absolute Gasteiger partial charge is 0.312 e. The number of benzene rings is 1. The van der Waals surface area contributed by atoms with Crippen molar-refractivity contribution in [2.75, 3.05) is 6.54 Å². The summed E-state index contributed by atoms with van der Waals surface area (Å²) in [7, 11) is 0. The van der Waals surface area contributed by atoms with E-state index in [1.165, 1.54) is 12.1 Å². The van der Waals surface area contributed by atoms with Gasteiger partial charge in [0.1, 0.15) is 0 Å². The van der Waals surface area contributed by atoms with Gasteiger partial charge in [0, 0.05) is 18.5 Å². The second kappa shape index (κ2) is 3.00. The van der Waals surface area contributed by atoms with Crippen LogP contribution in [-0.2, 0) is 6.18 Å². The molecule has 1 aromatic carbocycles. The lowest BCUT2D eigenvalue weighted by molar-refractivity contribution is -0.137. The molecule has 0 spiro atoms. The number of rotatable bonds is 0. The molecule has 3 rings (SSSR count). The van der Waals surface area contributed by atoms with Crippen molar-refractivity contribution >= 4 is 0 Å². The number of nitrogens with one attached hydrogen (secondary N) is 1. The third-order valence-electron chi connectivity index (χ3n) is 3.85. The van der Waals surface area contributed by atoms with Gasteiger partial charge in [-0.05, 0) is 29.2 Å². The summed E-state index contributed by atoms with van der Waals surface area (Å²) in [5.74, 6) is 0.614. The van der Waals surface area contributed by atoms with Gasteiger partial charge in [-0.25, -0.2) is 0 Å². The van der Waals surface area contributed by atoms with E-state index >= 15 is 0 Å². The molecular formula is C12H12F3N. The van der Waals surface area contributed by atoms with Crippen molar-refractivity contribution in [2.24, 2.45) is 0 Å². The van der Waals surface area contributed by atoms with E-state index in [-0.39, 0.29) is 5.92 Å². The zero-order chi connectivity index (χ0) is 11.5. The van der Waals surface area contributed by atoms with Gasteiger partial charge < -0.3 is 5.32 Å². The molecule has 0 radical (unpaired) electrons. The van der Waals surface area contributed by atoms with Gasteiger partial charge in [-0.2, -0.15) is 13.2 Å². The van der Waals surface area contributed by atoms with Gasteiger partial charge in [-0.3, -0.25) is 0 Å². The monoisotopic (exact) mass is 227 g/mol. The highest BCUT2D eigenvalue weighted by Crippen LogP contribution is 2.47. The number of halogens is 3. The van der Waals surface area contributed by atoms with Crippen LogP contribution in [0.3, 0.4) is 0 Å². The quantitative estimate of drug-likeness (QED) is 0.718. The average molecular weight is 227 g/mol. The van der Waals surface area contributed by atoms with Crippen molar-refractivity contribution in [1.82, 2.24) is 5.32 Å². The Morgan fingerprint density at radius 2 is 2.00 bits per heavy atom. The topological polar surface area (TPSA) is 12.0 Å². The molecule has 4 heteroatoms. The van der Waals surface area contributed by atoms with Gasteiger partial charge in [0.2, 0.25) is 0 Å². The Bertz CT molecular complexity index is 438. The summed E-state index contributed by atoms with van der Waals surface area (Å²) in [5.41, 5.74) is 1.45. The van der Waals surface area contributed by atoms with Gasteiger partial charge in [0.05, 0.1) is 5.56 Å². The van der Waals surface area contributed by atoms with Crippen LogP contribution >= 0.6 is 0 Å². The van der Waals surface area contributed by atoms with Crippen LogP contribution in [0.4, 0.5) is 13.2 Å². The SMILES string of the molecule is C[C@@H]1c2ccc(C(F)(F)F)cc2[C@H]2CNC12. The predicted molar refractivity (Wildman–Crippen MR) is 54.4 cm³/mol. The maximum absolute atomic E-state index is 12.6. The minimum absolute atomic E-state index is 0.285. The molecule has 1 aromatic rings. The van der Waals surface area contributed by atoms with Crippen LogP contribution in [0, 0.1) is 0 Å². The largest absolute Gasteiger partial charge is 0.416 e. The summed E-state index contributed by atoms with van der Waals surface area (Å²) >= 11 is 0. The molecule has 2 aliphatic rings. The van der Waals surface area contributed by atoms with E-state index in [1.54, 1.807) is 6.07 Å². The number of hydrogen-bond acceptors (Lipinski definition) is 1. The molecule has 0 saturated carbocycles. The average Bonchev–Trinajstić information content (AvgIpc) is 2.31. The summed E-state index contributed by atoms with van der Waals surface area (Å²) < 4.78 is 37.7. The van der Waals surface area contributed by atoms with Crippen molar-refractivity contribution in [3.63, 3.8) is 0 Å². The van der Waals surface area contributed by atoms with Gasteiger partial charge in [-0.15, -0.1) is 0 Å². The molecule has 16 heavy (non-hydrogen) atoms. The second-order valence-corrected chi connectivity index (χ2v) is 4.67. The van der Waals surface area contributed by atoms with Crippen LogP contribution < -0.4 is 5.32 Å². The van der Waals surface area contributed by atoms with E-state index in [2.05, 4.69) is 12.2 Å². The van der Waals surface area contributed by atoms with E-state index in [9.17, 15) is 13.2 Å². The van der Waals surface area contributed by atoms with Crippen molar-refractivity contribution in [3.05, 3.63) is 34.9 Å². The van der Waals surface area contributed by atoms with E-state index < -0.39 is 11.7 Å². The summed E-state index contributed by atoms with van der Waals surface area (Å²) in [6.45, 7) is 2.88. The highest BCUT2D eigenvalue weighted by molar-refractivity contribution is 5.46. The lowest BCUT2D eigenvalue weighted by atomic mass is 9.88. The molecule has 1 nitrogen and oxygen atoms in total. The van der Waals surface area contributed by atoms with Gasteiger partial charge >= 0.3 is 6.18 Å². The molecule has 3 atom stereocenters. The molecule has 0 bridgehead atoms. The van der Waals surface area contributed by atoms with Crippen LogP contribution in [0.2, 0.25) is 0 Å². The third kappa shape index (κ3) is 1.22. The fourth-order valence-corrected chi connectivity index (χ4v) is 2.88. The van der Waals surface area contributed by atoms with Gasteiger partial charge in [0.25, 0.3) is 0 Å². The maximum atomic E-state index is 12.6. The molecule has 1 aliphatic carbocycles. The lowest BCUT2D eigenvalue weighted by Crippen LogP contribution is -2.49. The first kappa shape index (κ1) is 10.1. The molecule has 1 aliphatic heterocycles. The molecule has 1 heterocycles. The third-order valence-corrected chi connectivity index (χ3v) is 3.85. The normalized spacial score (nSPS) is 31.9. The van der Waals surface area contributed by atoms with Crippen LogP contribution in [0.5, 0.6) is 0 Å². The standard InChI is InChI=1S/C12H12F3N/c1-6-8-3-2-7(12(13,14)15)4-9(8)10-5-16-11(6)10/h2-4,6,10-11,16H,5H2,1H3/t6-,10-,11?/m1/s1. The van der Waals surface area contributed by atoms with Crippen molar-refractivity contribution < 1.29 is 13.2 Å². The Morgan fingerprint density at radius 1 is 1.25 bits per heavy atom. The lowest BCUT2D eigenvalue weighted by Gasteiger charge is -2.35. The molecule has 1 unspecified atom stereocenters. The van der Waals surface area contributed by atoms with E-state index in [1.807, 2.05) is 0 Å². The van der Waals surface area contributed by atoms with Gasteiger partial charge in [0.15, 0.2) is 0 Å². The first-order chi connectivity index (χ1) is 7.48. The minimum Gasteiger partial charge on any atom is -0.312 e. The summed E-state index contributed by atoms with van der Waals surface area (Å²) in [4.78, 5) is 0. The van der Waals surface area contributed by atoms with Crippen LogP contribution in [0.15, 0.2) is 18.2 Å². The Kier molecular flexibility index (Phi) is 1.90. The first-order valence-electron chi connectivity index (χ1n) is 5.43. The highest BCUT2D eigenvalue weighted by Gasteiger charge is 2.45. The molecular weight excluding hydrogens is 215 g/mol. The second-order valence-electron chi connectivity index (χ2n) is 4.67. The van der Waals surface area contributed by atoms with Gasteiger partial charge in [-0.1, -0.05) is 13.0 Å². The van der Waals surface area contributed by atoms with Crippen molar-refractivity contribution in [2.45, 2.75) is 31.0 Å². The molecule has 0 aromatic heterocycles. The van der Waals surface area contributed by atoms with E-state index in [0.29, 0.717) is 12.0 Å². The number of alkyl halides is 3. The minimum atomic E-state index is -4.23.